The summed E-state index contributed by atoms with van der Waals surface area (Å²) in [6, 6.07) is 7.72. The third-order valence-corrected chi connectivity index (χ3v) is 3.42. The highest BCUT2D eigenvalue weighted by molar-refractivity contribution is 14.1. The second-order valence-corrected chi connectivity index (χ2v) is 5.37. The minimum Gasteiger partial charge on any atom is -0.480 e. The zero-order chi connectivity index (χ0) is 12.8. The molecular weight excluding hydrogens is 329 g/mol. The van der Waals surface area contributed by atoms with Crippen molar-refractivity contribution in [2.75, 3.05) is 0 Å². The molecule has 0 aliphatic heterocycles. The molecule has 4 heteroatoms. The quantitative estimate of drug-likeness (QED) is 0.777. The van der Waals surface area contributed by atoms with Crippen molar-refractivity contribution in [1.29, 1.82) is 0 Å². The summed E-state index contributed by atoms with van der Waals surface area (Å²) in [5.41, 5.74) is 1.12. The summed E-state index contributed by atoms with van der Waals surface area (Å²) < 4.78 is 1.18. The number of halogens is 1. The molecule has 0 saturated carbocycles. The van der Waals surface area contributed by atoms with Gasteiger partial charge in [-0.3, -0.25) is 10.1 Å². The van der Waals surface area contributed by atoms with Crippen LogP contribution in [0.3, 0.4) is 0 Å². The highest BCUT2D eigenvalue weighted by Crippen LogP contribution is 2.16. The summed E-state index contributed by atoms with van der Waals surface area (Å²) >= 11 is 2.25. The number of hydrogen-bond acceptors (Lipinski definition) is 2. The number of hydrogen-bond donors (Lipinski definition) is 2. The Kier molecular flexibility index (Phi) is 5.91. The normalized spacial score (nSPS) is 14.3. The summed E-state index contributed by atoms with van der Waals surface area (Å²) in [5.74, 6) is -0.774. The summed E-state index contributed by atoms with van der Waals surface area (Å²) in [7, 11) is 0. The molecule has 2 unspecified atom stereocenters. The molecule has 0 bridgehead atoms. The van der Waals surface area contributed by atoms with E-state index >= 15 is 0 Å². The Morgan fingerprint density at radius 2 is 2.00 bits per heavy atom. The van der Waals surface area contributed by atoms with E-state index in [1.165, 1.54) is 3.57 Å². The van der Waals surface area contributed by atoms with Gasteiger partial charge in [0.15, 0.2) is 0 Å². The van der Waals surface area contributed by atoms with Crippen molar-refractivity contribution in [2.24, 2.45) is 0 Å². The molecule has 2 N–H and O–H groups in total. The van der Waals surface area contributed by atoms with Crippen LogP contribution >= 0.6 is 22.6 Å². The van der Waals surface area contributed by atoms with Crippen LogP contribution in [-0.2, 0) is 4.79 Å². The average Bonchev–Trinajstić information content (AvgIpc) is 2.29. The third-order valence-electron chi connectivity index (χ3n) is 2.70. The fourth-order valence-corrected chi connectivity index (χ4v) is 2.08. The molecule has 1 rings (SSSR count). The lowest BCUT2D eigenvalue weighted by Gasteiger charge is -2.20. The first-order valence-corrected chi connectivity index (χ1v) is 6.86. The number of nitrogens with one attached hydrogen (secondary N) is 1. The van der Waals surface area contributed by atoms with Crippen molar-refractivity contribution in [2.45, 2.75) is 38.8 Å². The molecule has 17 heavy (non-hydrogen) atoms. The predicted molar refractivity (Wildman–Crippen MR) is 77.0 cm³/mol. The van der Waals surface area contributed by atoms with Crippen molar-refractivity contribution in [3.05, 3.63) is 33.4 Å². The summed E-state index contributed by atoms with van der Waals surface area (Å²) in [4.78, 5) is 11.0. The largest absolute Gasteiger partial charge is 0.480 e. The SMILES string of the molecule is CCCC(NC(C)c1ccc(I)cc1)C(=O)O. The number of carbonyl (C=O) groups is 1. The standard InChI is InChI=1S/C13H18INO2/c1-3-4-12(13(16)17)15-9(2)10-5-7-11(14)8-6-10/h5-9,12,15H,3-4H2,1-2H3,(H,16,17). The maximum absolute atomic E-state index is 11.0. The van der Waals surface area contributed by atoms with E-state index in [-0.39, 0.29) is 6.04 Å². The lowest BCUT2D eigenvalue weighted by molar-refractivity contribution is -0.139. The van der Waals surface area contributed by atoms with Gasteiger partial charge >= 0.3 is 5.97 Å². The number of carboxylic acid groups (broad SMARTS) is 1. The van der Waals surface area contributed by atoms with Crippen LogP contribution < -0.4 is 5.32 Å². The number of rotatable bonds is 6. The van der Waals surface area contributed by atoms with E-state index in [1.54, 1.807) is 0 Å². The van der Waals surface area contributed by atoms with Gasteiger partial charge in [0.2, 0.25) is 0 Å². The van der Waals surface area contributed by atoms with Gasteiger partial charge in [-0.15, -0.1) is 0 Å². The van der Waals surface area contributed by atoms with Crippen molar-refractivity contribution < 1.29 is 9.90 Å². The van der Waals surface area contributed by atoms with Gasteiger partial charge in [-0.1, -0.05) is 25.5 Å². The highest BCUT2D eigenvalue weighted by atomic mass is 127. The molecule has 2 atom stereocenters. The van der Waals surface area contributed by atoms with E-state index in [4.69, 9.17) is 5.11 Å². The molecule has 0 aliphatic carbocycles. The molecule has 3 nitrogen and oxygen atoms in total. The number of carboxylic acids is 1. The van der Waals surface area contributed by atoms with Gasteiger partial charge in [0.25, 0.3) is 0 Å². The molecule has 0 radical (unpaired) electrons. The summed E-state index contributed by atoms with van der Waals surface area (Å²) in [5, 5.41) is 12.2. The molecule has 0 saturated heterocycles. The van der Waals surface area contributed by atoms with Crippen molar-refractivity contribution in [3.8, 4) is 0 Å². The van der Waals surface area contributed by atoms with Crippen LogP contribution in [0.25, 0.3) is 0 Å². The zero-order valence-corrected chi connectivity index (χ0v) is 12.3. The van der Waals surface area contributed by atoms with Gasteiger partial charge in [-0.05, 0) is 53.6 Å². The van der Waals surface area contributed by atoms with Gasteiger partial charge < -0.3 is 5.11 Å². The fraction of sp³-hybridized carbons (Fsp3) is 0.462. The second-order valence-electron chi connectivity index (χ2n) is 4.12. The van der Waals surface area contributed by atoms with Crippen LogP contribution in [0.2, 0.25) is 0 Å². The van der Waals surface area contributed by atoms with Crippen LogP contribution in [0.4, 0.5) is 0 Å². The first-order valence-electron chi connectivity index (χ1n) is 5.79. The molecule has 1 aromatic rings. The average molecular weight is 347 g/mol. The first-order chi connectivity index (χ1) is 8.04. The van der Waals surface area contributed by atoms with Crippen LogP contribution in [0, 0.1) is 3.57 Å². The molecule has 94 valence electrons. The maximum atomic E-state index is 11.0. The van der Waals surface area contributed by atoms with E-state index in [0.29, 0.717) is 6.42 Å². The first kappa shape index (κ1) is 14.4. The summed E-state index contributed by atoms with van der Waals surface area (Å²) in [6.45, 7) is 3.99. The molecule has 0 heterocycles. The molecule has 0 fully saturated rings. The van der Waals surface area contributed by atoms with Gasteiger partial charge in [0.05, 0.1) is 0 Å². The van der Waals surface area contributed by atoms with E-state index in [9.17, 15) is 4.79 Å². The summed E-state index contributed by atoms with van der Waals surface area (Å²) in [6.07, 6.45) is 1.52. The predicted octanol–water partition coefficient (Wildman–Crippen LogP) is 3.20. The number of aliphatic carboxylic acids is 1. The Labute approximate surface area is 116 Å². The molecule has 0 aliphatic rings. The maximum Gasteiger partial charge on any atom is 0.320 e. The molecule has 1 aromatic carbocycles. The van der Waals surface area contributed by atoms with E-state index in [2.05, 4.69) is 27.9 Å². The molecule has 0 aromatic heterocycles. The minimum atomic E-state index is -0.774. The zero-order valence-electron chi connectivity index (χ0n) is 10.1. The fourth-order valence-electron chi connectivity index (χ4n) is 1.72. The monoisotopic (exact) mass is 347 g/mol. The smallest absolute Gasteiger partial charge is 0.320 e. The Morgan fingerprint density at radius 1 is 1.41 bits per heavy atom. The van der Waals surface area contributed by atoms with Crippen molar-refractivity contribution in [3.63, 3.8) is 0 Å². The molecule has 0 amide bonds. The Bertz CT molecular complexity index is 364. The van der Waals surface area contributed by atoms with Crippen LogP contribution in [0.1, 0.15) is 38.3 Å². The van der Waals surface area contributed by atoms with Crippen LogP contribution in [0.15, 0.2) is 24.3 Å². The third kappa shape index (κ3) is 4.63. The van der Waals surface area contributed by atoms with Gasteiger partial charge in [0.1, 0.15) is 6.04 Å². The van der Waals surface area contributed by atoms with Crippen LogP contribution in [0.5, 0.6) is 0 Å². The van der Waals surface area contributed by atoms with Crippen molar-refractivity contribution >= 4 is 28.6 Å². The highest BCUT2D eigenvalue weighted by Gasteiger charge is 2.18. The number of benzene rings is 1. The Hall–Kier alpha value is -0.620. The van der Waals surface area contributed by atoms with Crippen LogP contribution in [-0.4, -0.2) is 17.1 Å². The van der Waals surface area contributed by atoms with E-state index in [1.807, 2.05) is 38.1 Å². The topological polar surface area (TPSA) is 49.3 Å². The van der Waals surface area contributed by atoms with Gasteiger partial charge in [-0.25, -0.2) is 0 Å². The van der Waals surface area contributed by atoms with Crippen molar-refractivity contribution in [1.82, 2.24) is 5.32 Å². The lowest BCUT2D eigenvalue weighted by Crippen LogP contribution is -2.38. The lowest BCUT2D eigenvalue weighted by atomic mass is 10.1. The Balaban J connectivity index is 2.66. The van der Waals surface area contributed by atoms with Gasteiger partial charge in [-0.2, -0.15) is 0 Å². The second kappa shape index (κ2) is 6.96. The van der Waals surface area contributed by atoms with Gasteiger partial charge in [0, 0.05) is 9.61 Å². The minimum absolute atomic E-state index is 0.0552. The molecular formula is C13H18INO2. The van der Waals surface area contributed by atoms with E-state index < -0.39 is 12.0 Å². The molecule has 0 spiro atoms. The van der Waals surface area contributed by atoms with E-state index in [0.717, 1.165) is 12.0 Å². The Morgan fingerprint density at radius 3 is 2.47 bits per heavy atom.